The molecule has 35 heavy (non-hydrogen) atoms. The molecule has 0 amide bonds. The van der Waals surface area contributed by atoms with Crippen molar-refractivity contribution in [3.8, 4) is 0 Å². The van der Waals surface area contributed by atoms with Crippen LogP contribution in [0.1, 0.15) is 57.0 Å². The van der Waals surface area contributed by atoms with E-state index in [2.05, 4.69) is 0 Å². The molecule has 0 saturated heterocycles. The van der Waals surface area contributed by atoms with Crippen LogP contribution in [-0.2, 0) is 14.3 Å². The first-order valence-electron chi connectivity index (χ1n) is 12.1. The lowest BCUT2D eigenvalue weighted by Crippen LogP contribution is -2.69. The number of fused-ring (bicyclic) bond motifs is 5. The summed E-state index contributed by atoms with van der Waals surface area (Å²) in [4.78, 5) is 37.7. The number of esters is 1. The largest absolute Gasteiger partial charge is 0.457 e. The third-order valence-electron chi connectivity index (χ3n) is 9.69. The maximum Gasteiger partial charge on any atom is 0.375 e. The van der Waals surface area contributed by atoms with Gasteiger partial charge in [0, 0.05) is 16.7 Å². The van der Waals surface area contributed by atoms with Gasteiger partial charge in [-0.25, -0.2) is 4.79 Å². The van der Waals surface area contributed by atoms with E-state index < -0.39 is 33.4 Å². The third-order valence-corrected chi connectivity index (χ3v) is 10.9. The second kappa shape index (κ2) is 8.06. The minimum Gasteiger partial charge on any atom is -0.457 e. The van der Waals surface area contributed by atoms with Crippen LogP contribution in [-0.4, -0.2) is 45.1 Å². The Morgan fingerprint density at radius 2 is 2.03 bits per heavy atom. The summed E-state index contributed by atoms with van der Waals surface area (Å²) in [6, 6.07) is 3.07. The Balaban J connectivity index is 1.61. The zero-order valence-electron chi connectivity index (χ0n) is 20.1. The topological polar surface area (TPSA) is 93.8 Å². The second-order valence-corrected chi connectivity index (χ2v) is 12.0. The van der Waals surface area contributed by atoms with Gasteiger partial charge in [-0.2, -0.15) is 0 Å². The van der Waals surface area contributed by atoms with Gasteiger partial charge >= 0.3 is 5.97 Å². The Kier molecular flexibility index (Phi) is 5.71. The van der Waals surface area contributed by atoms with E-state index in [9.17, 15) is 19.5 Å². The normalized spacial score (nSPS) is 44.2. The summed E-state index contributed by atoms with van der Waals surface area (Å²) in [5, 5.41) is 11.8. The Hall–Kier alpha value is -1.89. The molecule has 0 bridgehead atoms. The molecule has 0 radical (unpaired) electrons. The molecule has 0 spiro atoms. The van der Waals surface area contributed by atoms with Crippen molar-refractivity contribution in [2.75, 3.05) is 5.88 Å². The first-order valence-corrected chi connectivity index (χ1v) is 13.0. The zero-order valence-corrected chi connectivity index (χ0v) is 21.6. The zero-order chi connectivity index (χ0) is 25.4. The summed E-state index contributed by atoms with van der Waals surface area (Å²) in [7, 11) is 0. The number of allylic oxidation sites excluding steroid dienone is 4. The molecule has 4 aliphatic carbocycles. The number of ether oxygens (including phenoxy) is 1. The van der Waals surface area contributed by atoms with Crippen molar-refractivity contribution in [1.29, 1.82) is 0 Å². The maximum atomic E-state index is 13.6. The molecule has 8 heteroatoms. The van der Waals surface area contributed by atoms with Gasteiger partial charge in [-0.15, -0.1) is 23.2 Å². The quantitative estimate of drug-likeness (QED) is 0.449. The van der Waals surface area contributed by atoms with E-state index in [4.69, 9.17) is 32.4 Å². The summed E-state index contributed by atoms with van der Waals surface area (Å²) >= 11 is 13.6. The number of aliphatic hydroxyl groups is 1. The number of hydrogen-bond donors (Lipinski definition) is 1. The molecular formula is C27H30Cl2O6. The van der Waals surface area contributed by atoms with Gasteiger partial charge < -0.3 is 14.3 Å². The van der Waals surface area contributed by atoms with Crippen LogP contribution in [0, 0.1) is 28.6 Å². The first-order chi connectivity index (χ1) is 16.5. The standard InChI is InChI=1S/C27H30Cl2O6/c1-15-11-19-18-7-6-16-12-17(30)8-9-24(16,2)26(18,29)21(31)13-25(19,3)27(15,22(32)14-28)35-23(33)20-5-4-10-34-20/h4-5,8-10,12,15,18-19,21,31H,6-7,11,13-14H2,1-3H3/t15-,18?,19+,21+,24+,25+,26+,27+/m1/s1. The van der Waals surface area contributed by atoms with Crippen molar-refractivity contribution in [3.63, 3.8) is 0 Å². The molecule has 3 fully saturated rings. The molecule has 6 nitrogen and oxygen atoms in total. The Morgan fingerprint density at radius 1 is 1.29 bits per heavy atom. The van der Waals surface area contributed by atoms with Gasteiger partial charge in [0.15, 0.2) is 17.2 Å². The molecule has 1 aromatic rings. The van der Waals surface area contributed by atoms with Gasteiger partial charge in [-0.05, 0) is 61.8 Å². The molecule has 0 aromatic carbocycles. The monoisotopic (exact) mass is 520 g/mol. The van der Waals surface area contributed by atoms with E-state index in [-0.39, 0.29) is 47.4 Å². The van der Waals surface area contributed by atoms with Crippen LogP contribution in [0.25, 0.3) is 0 Å². The van der Waals surface area contributed by atoms with Crippen LogP contribution in [0.2, 0.25) is 0 Å². The number of carbonyl (C=O) groups is 3. The van der Waals surface area contributed by atoms with E-state index in [1.807, 2.05) is 26.8 Å². The maximum absolute atomic E-state index is 13.6. The first kappa shape index (κ1) is 24.8. The van der Waals surface area contributed by atoms with Crippen molar-refractivity contribution in [1.82, 2.24) is 0 Å². The summed E-state index contributed by atoms with van der Waals surface area (Å²) in [6.45, 7) is 5.81. The molecule has 8 atom stereocenters. The van der Waals surface area contributed by atoms with Crippen LogP contribution in [0.5, 0.6) is 0 Å². The molecule has 5 rings (SSSR count). The number of alkyl halides is 2. The minimum absolute atomic E-state index is 0.00557. The predicted molar refractivity (Wildman–Crippen MR) is 130 cm³/mol. The molecule has 3 saturated carbocycles. The Bertz CT molecular complexity index is 1140. The van der Waals surface area contributed by atoms with Gasteiger partial charge in [0.05, 0.1) is 23.1 Å². The highest BCUT2D eigenvalue weighted by atomic mass is 35.5. The van der Waals surface area contributed by atoms with Gasteiger partial charge in [0.2, 0.25) is 5.76 Å². The molecule has 1 N–H and O–H groups in total. The molecule has 188 valence electrons. The Labute approximate surface area is 214 Å². The fraction of sp³-hybridized carbons (Fsp3) is 0.593. The third kappa shape index (κ3) is 3.02. The lowest BCUT2D eigenvalue weighted by Gasteiger charge is -2.64. The highest BCUT2D eigenvalue weighted by Crippen LogP contribution is 2.72. The summed E-state index contributed by atoms with van der Waals surface area (Å²) in [6.07, 6.45) is 7.44. The number of aliphatic hydroxyl groups excluding tert-OH is 1. The number of ketones is 2. The number of carbonyl (C=O) groups excluding carboxylic acids is 3. The summed E-state index contributed by atoms with van der Waals surface area (Å²) in [5.41, 5.74) is -2.20. The number of rotatable bonds is 4. The van der Waals surface area contributed by atoms with Gasteiger partial charge in [-0.3, -0.25) is 9.59 Å². The van der Waals surface area contributed by atoms with Crippen molar-refractivity contribution in [2.24, 2.45) is 28.6 Å². The van der Waals surface area contributed by atoms with E-state index in [0.29, 0.717) is 19.3 Å². The molecule has 0 aliphatic heterocycles. The lowest BCUT2D eigenvalue weighted by molar-refractivity contribution is -0.177. The molecule has 1 aromatic heterocycles. The molecule has 1 heterocycles. The SMILES string of the molecule is C[C@@H]1C[C@H]2C3CCC4=CC(=O)C=C[C@]4(C)[C@@]3(Cl)[C@@H](O)C[C@]2(C)[C@@]1(OC(=O)c1ccco1)C(=O)CCl. The van der Waals surface area contributed by atoms with Crippen molar-refractivity contribution in [2.45, 2.75) is 63.0 Å². The fourth-order valence-corrected chi connectivity index (χ4v) is 8.81. The van der Waals surface area contributed by atoms with Crippen molar-refractivity contribution in [3.05, 3.63) is 48.0 Å². The van der Waals surface area contributed by atoms with Crippen LogP contribution < -0.4 is 0 Å². The number of Topliss-reactive ketones (excluding diaryl/α,β-unsaturated/α-hetero) is 1. The van der Waals surface area contributed by atoms with E-state index in [1.54, 1.807) is 12.1 Å². The van der Waals surface area contributed by atoms with Gasteiger partial charge in [0.1, 0.15) is 0 Å². The predicted octanol–water partition coefficient (Wildman–Crippen LogP) is 4.87. The molecule has 1 unspecified atom stereocenters. The van der Waals surface area contributed by atoms with Crippen LogP contribution in [0.4, 0.5) is 0 Å². The highest BCUT2D eigenvalue weighted by Gasteiger charge is 2.76. The van der Waals surface area contributed by atoms with Crippen LogP contribution >= 0.6 is 23.2 Å². The Morgan fingerprint density at radius 3 is 2.69 bits per heavy atom. The van der Waals surface area contributed by atoms with Crippen molar-refractivity contribution < 1.29 is 28.6 Å². The smallest absolute Gasteiger partial charge is 0.375 e. The van der Waals surface area contributed by atoms with Crippen molar-refractivity contribution >= 4 is 40.7 Å². The molecular weight excluding hydrogens is 491 g/mol. The summed E-state index contributed by atoms with van der Waals surface area (Å²) < 4.78 is 11.3. The number of furan rings is 1. The van der Waals surface area contributed by atoms with E-state index in [1.165, 1.54) is 18.4 Å². The van der Waals surface area contributed by atoms with Crippen LogP contribution in [0.3, 0.4) is 0 Å². The highest BCUT2D eigenvalue weighted by molar-refractivity contribution is 6.29. The van der Waals surface area contributed by atoms with E-state index in [0.717, 1.165) is 5.57 Å². The average Bonchev–Trinajstić information content (AvgIpc) is 3.42. The van der Waals surface area contributed by atoms with Gasteiger partial charge in [-0.1, -0.05) is 32.4 Å². The average molecular weight is 521 g/mol. The number of halogens is 2. The minimum atomic E-state index is -1.53. The second-order valence-electron chi connectivity index (χ2n) is 11.1. The van der Waals surface area contributed by atoms with Gasteiger partial charge in [0.25, 0.3) is 0 Å². The number of hydrogen-bond acceptors (Lipinski definition) is 6. The van der Waals surface area contributed by atoms with E-state index >= 15 is 0 Å². The van der Waals surface area contributed by atoms with Crippen LogP contribution in [0.15, 0.2) is 46.6 Å². The fourth-order valence-electron chi connectivity index (χ4n) is 8.09. The summed E-state index contributed by atoms with van der Waals surface area (Å²) in [5.74, 6) is -2.12. The lowest BCUT2D eigenvalue weighted by atomic mass is 9.45. The molecule has 4 aliphatic rings.